The van der Waals surface area contributed by atoms with E-state index in [4.69, 9.17) is 0 Å². The number of hydrogen-bond acceptors (Lipinski definition) is 6. The molecule has 1 aromatic carbocycles. The fraction of sp³-hybridized carbons (Fsp3) is 0.345. The Morgan fingerprint density at radius 3 is 2.56 bits per heavy atom. The number of carboxylic acid groups (broad SMARTS) is 1. The number of aromatic carboxylic acids is 1. The first-order valence-corrected chi connectivity index (χ1v) is 13.4. The monoisotopic (exact) mass is 525 g/mol. The fourth-order valence-corrected chi connectivity index (χ4v) is 6.83. The maximum atomic E-state index is 13.3. The van der Waals surface area contributed by atoms with Crippen molar-refractivity contribution in [3.63, 3.8) is 0 Å². The van der Waals surface area contributed by atoms with Gasteiger partial charge in [0.05, 0.1) is 11.0 Å². The van der Waals surface area contributed by atoms with Gasteiger partial charge in [-0.25, -0.2) is 4.79 Å². The van der Waals surface area contributed by atoms with E-state index in [1.54, 1.807) is 29.3 Å². The molecule has 2 N–H and O–H groups in total. The summed E-state index contributed by atoms with van der Waals surface area (Å²) in [6.07, 6.45) is 8.67. The molecule has 1 amide bonds. The molecule has 4 aromatic rings. The third-order valence-corrected chi connectivity index (χ3v) is 8.68. The summed E-state index contributed by atoms with van der Waals surface area (Å²) < 4.78 is 2.04. The lowest BCUT2D eigenvalue weighted by Crippen LogP contribution is -2.49. The number of benzene rings is 1. The zero-order chi connectivity index (χ0) is 26.8. The lowest BCUT2D eigenvalue weighted by atomic mass is 9.81. The highest BCUT2D eigenvalue weighted by Gasteiger charge is 2.40. The molecule has 0 spiro atoms. The van der Waals surface area contributed by atoms with Crippen LogP contribution in [0.3, 0.4) is 0 Å². The van der Waals surface area contributed by atoms with Crippen LogP contribution >= 0.6 is 0 Å². The van der Waals surface area contributed by atoms with E-state index in [9.17, 15) is 24.3 Å². The minimum absolute atomic E-state index is 0.0854. The summed E-state index contributed by atoms with van der Waals surface area (Å²) in [4.78, 5) is 62.2. The number of hydrogen-bond donors (Lipinski definition) is 2. The van der Waals surface area contributed by atoms with Gasteiger partial charge < -0.3 is 24.5 Å². The molecule has 2 aliphatic heterocycles. The normalized spacial score (nSPS) is 20.4. The van der Waals surface area contributed by atoms with Gasteiger partial charge in [-0.2, -0.15) is 0 Å². The molecule has 3 aromatic heterocycles. The van der Waals surface area contributed by atoms with Gasteiger partial charge in [0.1, 0.15) is 16.6 Å². The fourth-order valence-electron chi connectivity index (χ4n) is 6.83. The minimum Gasteiger partial charge on any atom is -0.477 e. The number of nitrogens with one attached hydrogen (secondary N) is 1. The molecule has 5 heterocycles. The van der Waals surface area contributed by atoms with Crippen LogP contribution in [0.5, 0.6) is 0 Å². The van der Waals surface area contributed by atoms with E-state index in [-0.39, 0.29) is 39.9 Å². The van der Waals surface area contributed by atoms with Crippen molar-refractivity contribution in [2.45, 2.75) is 37.6 Å². The number of fused-ring (bicyclic) bond motifs is 4. The van der Waals surface area contributed by atoms with Crippen LogP contribution in [-0.4, -0.2) is 62.6 Å². The number of pyridine rings is 3. The van der Waals surface area contributed by atoms with Crippen molar-refractivity contribution < 1.29 is 14.7 Å². The first kappa shape index (κ1) is 23.6. The first-order valence-electron chi connectivity index (χ1n) is 13.4. The second-order valence-corrected chi connectivity index (χ2v) is 10.6. The minimum atomic E-state index is -1.20. The number of nitrogens with zero attached hydrogens (tertiary/aromatic N) is 4. The zero-order valence-electron chi connectivity index (χ0n) is 21.2. The van der Waals surface area contributed by atoms with Crippen LogP contribution in [-0.2, 0) is 0 Å². The smallest absolute Gasteiger partial charge is 0.341 e. The summed E-state index contributed by atoms with van der Waals surface area (Å²) in [6.45, 7) is 2.08. The van der Waals surface area contributed by atoms with Crippen LogP contribution in [0.25, 0.3) is 21.9 Å². The van der Waals surface area contributed by atoms with E-state index in [0.29, 0.717) is 37.1 Å². The van der Waals surface area contributed by atoms with Gasteiger partial charge in [-0.1, -0.05) is 12.8 Å². The van der Waals surface area contributed by atoms with E-state index in [1.807, 2.05) is 10.6 Å². The molecular formula is C29H27N5O5. The van der Waals surface area contributed by atoms with Crippen molar-refractivity contribution in [1.82, 2.24) is 19.4 Å². The molecule has 2 fully saturated rings. The molecule has 2 atom stereocenters. The van der Waals surface area contributed by atoms with Gasteiger partial charge in [-0.15, -0.1) is 0 Å². The van der Waals surface area contributed by atoms with Gasteiger partial charge in [-0.3, -0.25) is 19.4 Å². The lowest BCUT2D eigenvalue weighted by Gasteiger charge is -2.38. The van der Waals surface area contributed by atoms with Crippen LogP contribution in [0.15, 0.2) is 52.4 Å². The Morgan fingerprint density at radius 2 is 1.77 bits per heavy atom. The van der Waals surface area contributed by atoms with Crippen molar-refractivity contribution in [3.05, 3.63) is 80.0 Å². The van der Waals surface area contributed by atoms with Gasteiger partial charge in [0.15, 0.2) is 0 Å². The van der Waals surface area contributed by atoms with Gasteiger partial charge >= 0.3 is 5.97 Å². The van der Waals surface area contributed by atoms with Crippen LogP contribution in [0.4, 0.5) is 5.69 Å². The number of aromatic nitrogens is 3. The second-order valence-electron chi connectivity index (χ2n) is 10.6. The quantitative estimate of drug-likeness (QED) is 0.421. The van der Waals surface area contributed by atoms with Crippen LogP contribution < -0.4 is 15.8 Å². The number of rotatable bonds is 3. The predicted molar refractivity (Wildman–Crippen MR) is 146 cm³/mol. The molecule has 7 rings (SSSR count). The molecular weight excluding hydrogens is 498 g/mol. The molecule has 1 saturated carbocycles. The largest absolute Gasteiger partial charge is 0.477 e. The maximum absolute atomic E-state index is 13.3. The summed E-state index contributed by atoms with van der Waals surface area (Å²) in [7, 11) is 0. The third kappa shape index (κ3) is 3.50. The Labute approximate surface area is 222 Å². The topological polar surface area (TPSA) is 129 Å². The molecule has 0 bridgehead atoms. The maximum Gasteiger partial charge on any atom is 0.341 e. The molecule has 10 nitrogen and oxygen atoms in total. The summed E-state index contributed by atoms with van der Waals surface area (Å²) in [5, 5.41) is 10.1. The van der Waals surface area contributed by atoms with Crippen molar-refractivity contribution in [2.75, 3.05) is 31.1 Å². The summed E-state index contributed by atoms with van der Waals surface area (Å²) in [6, 6.07) is 7.34. The average molecular weight is 526 g/mol. The highest BCUT2D eigenvalue weighted by molar-refractivity contribution is 5.97. The van der Waals surface area contributed by atoms with Crippen LogP contribution in [0.2, 0.25) is 0 Å². The summed E-state index contributed by atoms with van der Waals surface area (Å²) in [5.74, 6) is -1.28. The second kappa shape index (κ2) is 8.79. The number of piperazine rings is 1. The number of amides is 1. The molecule has 0 radical (unpaired) electrons. The SMILES string of the molecule is O=C(O)c1cn2c3c(c(N4CCN(C(=O)c5c[nH]c6cccnc6c5=O)CC4)ccc3c1=O)C1CCCCC12. The molecule has 1 saturated heterocycles. The van der Waals surface area contributed by atoms with Gasteiger partial charge in [0, 0.05) is 73.4 Å². The number of aromatic amines is 1. The van der Waals surface area contributed by atoms with E-state index in [0.717, 1.165) is 42.5 Å². The number of carboxylic acids is 1. The Bertz CT molecular complexity index is 1800. The van der Waals surface area contributed by atoms with Crippen molar-refractivity contribution >= 4 is 39.5 Å². The van der Waals surface area contributed by atoms with Crippen molar-refractivity contribution in [1.29, 1.82) is 0 Å². The van der Waals surface area contributed by atoms with Crippen molar-refractivity contribution in [2.24, 2.45) is 0 Å². The van der Waals surface area contributed by atoms with E-state index in [1.165, 1.54) is 12.4 Å². The Balaban J connectivity index is 1.21. The molecule has 198 valence electrons. The number of H-pyrrole nitrogens is 1. The standard InChI is InChI=1S/C29H27N5O5/c35-26-17-7-8-22(23-16-4-1-2-6-21(16)34(25(17)23)15-19(26)29(38)39)32-10-12-33(13-11-32)28(37)18-14-31-20-5-3-9-30-24(20)27(18)36/h3,5,7-9,14-16,21H,1-2,4,6,10-13H2,(H,31,36)(H,38,39). The Morgan fingerprint density at radius 1 is 0.974 bits per heavy atom. The zero-order valence-corrected chi connectivity index (χ0v) is 21.2. The molecule has 3 aliphatic rings. The lowest BCUT2D eigenvalue weighted by molar-refractivity contribution is 0.0693. The predicted octanol–water partition coefficient (Wildman–Crippen LogP) is 3.11. The summed E-state index contributed by atoms with van der Waals surface area (Å²) >= 11 is 0. The van der Waals surface area contributed by atoms with Gasteiger partial charge in [0.25, 0.3) is 5.91 Å². The van der Waals surface area contributed by atoms with Crippen LogP contribution in [0.1, 0.15) is 63.9 Å². The highest BCUT2D eigenvalue weighted by Crippen LogP contribution is 2.52. The number of anilines is 1. The van der Waals surface area contributed by atoms with E-state index < -0.39 is 11.4 Å². The molecule has 2 unspecified atom stereocenters. The van der Waals surface area contributed by atoms with Gasteiger partial charge in [-0.05, 0) is 37.1 Å². The Kier molecular flexibility index (Phi) is 5.33. The average Bonchev–Trinajstić information content (AvgIpc) is 3.30. The van der Waals surface area contributed by atoms with Gasteiger partial charge in [0.2, 0.25) is 10.9 Å². The molecule has 1 aliphatic carbocycles. The highest BCUT2D eigenvalue weighted by atomic mass is 16.4. The number of carbonyl (C=O) groups excluding carboxylic acids is 1. The molecule has 10 heteroatoms. The van der Waals surface area contributed by atoms with E-state index >= 15 is 0 Å². The Hall–Kier alpha value is -4.47. The summed E-state index contributed by atoms with van der Waals surface area (Å²) in [5.41, 5.74) is 2.96. The first-order chi connectivity index (χ1) is 18.9. The number of carbonyl (C=O) groups is 2. The molecule has 39 heavy (non-hydrogen) atoms. The van der Waals surface area contributed by atoms with E-state index in [2.05, 4.69) is 14.9 Å². The van der Waals surface area contributed by atoms with Crippen molar-refractivity contribution in [3.8, 4) is 0 Å². The van der Waals surface area contributed by atoms with Crippen LogP contribution in [0, 0.1) is 0 Å². The third-order valence-electron chi connectivity index (χ3n) is 8.68.